The van der Waals surface area contributed by atoms with Crippen molar-refractivity contribution in [2.75, 3.05) is 0 Å². The van der Waals surface area contributed by atoms with E-state index in [1.807, 2.05) is 18.2 Å². The first-order valence-corrected chi connectivity index (χ1v) is 6.68. The molecule has 0 saturated heterocycles. The van der Waals surface area contributed by atoms with E-state index in [1.54, 1.807) is 24.3 Å². The molecule has 0 saturated carbocycles. The molecule has 0 fully saturated rings. The Bertz CT molecular complexity index is 655. The summed E-state index contributed by atoms with van der Waals surface area (Å²) in [5, 5.41) is 10.9. The molecule has 102 valence electrons. The summed E-state index contributed by atoms with van der Waals surface area (Å²) in [6.45, 7) is 3.85. The number of nitro benzene ring substituents is 1. The fourth-order valence-electron chi connectivity index (χ4n) is 1.77. The first kappa shape index (κ1) is 14.3. The van der Waals surface area contributed by atoms with Gasteiger partial charge in [0.15, 0.2) is 0 Å². The van der Waals surface area contributed by atoms with Gasteiger partial charge in [-0.2, -0.15) is 0 Å². The third-order valence-corrected chi connectivity index (χ3v) is 3.26. The maximum absolute atomic E-state index is 10.9. The molecule has 0 aromatic heterocycles. The van der Waals surface area contributed by atoms with Crippen molar-refractivity contribution in [3.05, 3.63) is 74.8 Å². The Balaban J connectivity index is 2.23. The van der Waals surface area contributed by atoms with Gasteiger partial charge in [-0.25, -0.2) is 0 Å². The predicted octanol–water partition coefficient (Wildman–Crippen LogP) is 4.58. The van der Waals surface area contributed by atoms with Crippen LogP contribution in [0.1, 0.15) is 11.1 Å². The van der Waals surface area contributed by atoms with E-state index in [1.165, 1.54) is 6.07 Å². The van der Waals surface area contributed by atoms with Crippen molar-refractivity contribution in [1.29, 1.82) is 0 Å². The molecule has 0 aliphatic heterocycles. The Labute approximate surface area is 125 Å². The molecule has 0 heterocycles. The van der Waals surface area contributed by atoms with Gasteiger partial charge in [0, 0.05) is 16.1 Å². The fourth-order valence-corrected chi connectivity index (χ4v) is 2.11. The minimum atomic E-state index is -0.409. The SMILES string of the molecule is C=Cc1ccc(Br)cc1OCc1ccccc1[N+](=O)[O-]. The van der Waals surface area contributed by atoms with Crippen LogP contribution < -0.4 is 4.74 Å². The monoisotopic (exact) mass is 333 g/mol. The molecule has 2 aromatic carbocycles. The van der Waals surface area contributed by atoms with Crippen molar-refractivity contribution >= 4 is 27.7 Å². The molecule has 4 nitrogen and oxygen atoms in total. The van der Waals surface area contributed by atoms with Crippen molar-refractivity contribution in [2.24, 2.45) is 0 Å². The Morgan fingerprint density at radius 1 is 1.30 bits per heavy atom. The summed E-state index contributed by atoms with van der Waals surface area (Å²) in [5.41, 5.74) is 1.43. The molecule has 0 bridgehead atoms. The molecule has 0 radical (unpaired) electrons. The zero-order chi connectivity index (χ0) is 14.5. The largest absolute Gasteiger partial charge is 0.488 e. The van der Waals surface area contributed by atoms with E-state index in [4.69, 9.17) is 4.74 Å². The number of ether oxygens (including phenoxy) is 1. The van der Waals surface area contributed by atoms with Gasteiger partial charge in [-0.1, -0.05) is 46.8 Å². The van der Waals surface area contributed by atoms with Crippen LogP contribution in [0.5, 0.6) is 5.75 Å². The lowest BCUT2D eigenvalue weighted by molar-refractivity contribution is -0.385. The lowest BCUT2D eigenvalue weighted by atomic mass is 10.2. The normalized spacial score (nSPS) is 10.1. The van der Waals surface area contributed by atoms with Crippen LogP contribution in [-0.2, 0) is 6.61 Å². The summed E-state index contributed by atoms with van der Waals surface area (Å²) in [7, 11) is 0. The van der Waals surface area contributed by atoms with E-state index in [0.717, 1.165) is 10.0 Å². The van der Waals surface area contributed by atoms with Crippen LogP contribution in [0, 0.1) is 10.1 Å². The fraction of sp³-hybridized carbons (Fsp3) is 0.0667. The quantitative estimate of drug-likeness (QED) is 0.594. The molecule has 0 unspecified atom stereocenters. The predicted molar refractivity (Wildman–Crippen MR) is 81.7 cm³/mol. The zero-order valence-electron chi connectivity index (χ0n) is 10.6. The van der Waals surface area contributed by atoms with E-state index in [-0.39, 0.29) is 12.3 Å². The number of para-hydroxylation sites is 1. The highest BCUT2D eigenvalue weighted by Gasteiger charge is 2.13. The maximum atomic E-state index is 10.9. The summed E-state index contributed by atoms with van der Waals surface area (Å²) in [4.78, 5) is 10.5. The van der Waals surface area contributed by atoms with Gasteiger partial charge in [-0.3, -0.25) is 10.1 Å². The van der Waals surface area contributed by atoms with Gasteiger partial charge in [0.2, 0.25) is 0 Å². The first-order chi connectivity index (χ1) is 9.61. The van der Waals surface area contributed by atoms with Gasteiger partial charge in [-0.15, -0.1) is 0 Å². The minimum Gasteiger partial charge on any atom is -0.488 e. The molecule has 0 aliphatic carbocycles. The molecule has 20 heavy (non-hydrogen) atoms. The third kappa shape index (κ3) is 3.24. The summed E-state index contributed by atoms with van der Waals surface area (Å²) >= 11 is 3.37. The standard InChI is InChI=1S/C15H12BrNO3/c1-2-11-7-8-13(16)9-15(11)20-10-12-5-3-4-6-14(12)17(18)19/h2-9H,1,10H2. The first-order valence-electron chi connectivity index (χ1n) is 5.89. The topological polar surface area (TPSA) is 52.4 Å². The number of rotatable bonds is 5. The van der Waals surface area contributed by atoms with Crippen molar-refractivity contribution in [2.45, 2.75) is 6.61 Å². The molecule has 0 spiro atoms. The highest BCUT2D eigenvalue weighted by atomic mass is 79.9. The van der Waals surface area contributed by atoms with Crippen molar-refractivity contribution < 1.29 is 9.66 Å². The molecule has 5 heteroatoms. The van der Waals surface area contributed by atoms with Gasteiger partial charge in [0.05, 0.1) is 10.5 Å². The number of nitro groups is 1. The summed E-state index contributed by atoms with van der Waals surface area (Å²) in [6, 6.07) is 12.1. The maximum Gasteiger partial charge on any atom is 0.276 e. The number of nitrogens with zero attached hydrogens (tertiary/aromatic N) is 1. The van der Waals surface area contributed by atoms with Crippen molar-refractivity contribution in [1.82, 2.24) is 0 Å². The van der Waals surface area contributed by atoms with Crippen molar-refractivity contribution in [3.8, 4) is 5.75 Å². The van der Waals surface area contributed by atoms with Gasteiger partial charge in [0.1, 0.15) is 12.4 Å². The Morgan fingerprint density at radius 2 is 2.05 bits per heavy atom. The summed E-state index contributed by atoms with van der Waals surface area (Å²) in [5.74, 6) is 0.632. The third-order valence-electron chi connectivity index (χ3n) is 2.77. The van der Waals surface area contributed by atoms with E-state index >= 15 is 0 Å². The van der Waals surface area contributed by atoms with Crippen LogP contribution in [0.15, 0.2) is 53.5 Å². The summed E-state index contributed by atoms with van der Waals surface area (Å²) in [6.07, 6.45) is 1.68. The number of benzene rings is 2. The highest BCUT2D eigenvalue weighted by Crippen LogP contribution is 2.27. The van der Waals surface area contributed by atoms with E-state index in [9.17, 15) is 10.1 Å². The molecule has 2 aromatic rings. The average Bonchev–Trinajstić information content (AvgIpc) is 2.45. The highest BCUT2D eigenvalue weighted by molar-refractivity contribution is 9.10. The molecule has 0 amide bonds. The zero-order valence-corrected chi connectivity index (χ0v) is 12.2. The van der Waals surface area contributed by atoms with Crippen LogP contribution >= 0.6 is 15.9 Å². The molecule has 0 N–H and O–H groups in total. The number of halogens is 1. The van der Waals surface area contributed by atoms with Gasteiger partial charge in [0.25, 0.3) is 5.69 Å². The number of hydrogen-bond donors (Lipinski definition) is 0. The number of hydrogen-bond acceptors (Lipinski definition) is 3. The summed E-state index contributed by atoms with van der Waals surface area (Å²) < 4.78 is 6.56. The average molecular weight is 334 g/mol. The second-order valence-corrected chi connectivity index (χ2v) is 4.98. The minimum absolute atomic E-state index is 0.0580. The molecular weight excluding hydrogens is 322 g/mol. The van der Waals surface area contributed by atoms with E-state index in [2.05, 4.69) is 22.5 Å². The van der Waals surface area contributed by atoms with Gasteiger partial charge < -0.3 is 4.74 Å². The molecule has 2 rings (SSSR count). The van der Waals surface area contributed by atoms with Crippen LogP contribution in [-0.4, -0.2) is 4.92 Å². The Morgan fingerprint density at radius 3 is 2.75 bits per heavy atom. The van der Waals surface area contributed by atoms with Gasteiger partial charge in [-0.05, 0) is 18.2 Å². The molecule has 0 atom stereocenters. The Hall–Kier alpha value is -2.14. The molecule has 0 aliphatic rings. The van der Waals surface area contributed by atoms with E-state index in [0.29, 0.717) is 11.3 Å². The van der Waals surface area contributed by atoms with Crippen LogP contribution in [0.2, 0.25) is 0 Å². The van der Waals surface area contributed by atoms with E-state index < -0.39 is 4.92 Å². The smallest absolute Gasteiger partial charge is 0.276 e. The molecular formula is C15H12BrNO3. The lowest BCUT2D eigenvalue weighted by Gasteiger charge is -2.10. The van der Waals surface area contributed by atoms with Crippen molar-refractivity contribution in [3.63, 3.8) is 0 Å². The second-order valence-electron chi connectivity index (χ2n) is 4.06. The van der Waals surface area contributed by atoms with Crippen LogP contribution in [0.3, 0.4) is 0 Å². The van der Waals surface area contributed by atoms with Gasteiger partial charge >= 0.3 is 0 Å². The lowest BCUT2D eigenvalue weighted by Crippen LogP contribution is -2.01. The Kier molecular flexibility index (Phi) is 4.53. The second kappa shape index (κ2) is 6.34. The van der Waals surface area contributed by atoms with Crippen LogP contribution in [0.4, 0.5) is 5.69 Å². The van der Waals surface area contributed by atoms with Crippen LogP contribution in [0.25, 0.3) is 6.08 Å².